The number of carbonyl (C=O) groups excluding carboxylic acids is 1. The fraction of sp³-hybridized carbons (Fsp3) is 0.353. The number of aryl methyl sites for hydroxylation is 1. The number of nitrogens with two attached hydrogens (primary N) is 1. The maximum atomic E-state index is 11.3. The first kappa shape index (κ1) is 14.5. The minimum Gasteiger partial charge on any atom is -0.370 e. The van der Waals surface area contributed by atoms with Gasteiger partial charge in [-0.3, -0.25) is 9.78 Å². The molecule has 2 N–H and O–H groups in total. The lowest BCUT2D eigenvalue weighted by molar-refractivity contribution is -0.118. The van der Waals surface area contributed by atoms with Gasteiger partial charge in [0.2, 0.25) is 5.91 Å². The Labute approximate surface area is 129 Å². The number of hydrogen-bond donors (Lipinski definition) is 1. The monoisotopic (exact) mass is 296 g/mol. The zero-order valence-electron chi connectivity index (χ0n) is 12.9. The Balaban J connectivity index is 2.31. The smallest absolute Gasteiger partial charge is 0.219 e. The van der Waals surface area contributed by atoms with Crippen molar-refractivity contribution in [3.63, 3.8) is 0 Å². The number of carbonyl (C=O) groups is 1. The largest absolute Gasteiger partial charge is 0.370 e. The number of fused-ring (bicyclic) bond motifs is 3. The van der Waals surface area contributed by atoms with Gasteiger partial charge in [-0.1, -0.05) is 25.1 Å². The number of rotatable bonds is 5. The number of para-hydroxylation sites is 1. The van der Waals surface area contributed by atoms with Crippen molar-refractivity contribution < 1.29 is 4.79 Å². The van der Waals surface area contributed by atoms with E-state index in [0.29, 0.717) is 6.42 Å². The predicted molar refractivity (Wildman–Crippen MR) is 87.6 cm³/mol. The van der Waals surface area contributed by atoms with Gasteiger partial charge in [-0.15, -0.1) is 0 Å². The molecule has 2 heterocycles. The van der Waals surface area contributed by atoms with E-state index in [1.807, 2.05) is 31.3 Å². The molecule has 114 valence electrons. The molecule has 1 amide bonds. The summed E-state index contributed by atoms with van der Waals surface area (Å²) in [7, 11) is 0. The van der Waals surface area contributed by atoms with Gasteiger partial charge in [0.05, 0.1) is 17.2 Å². The zero-order valence-corrected chi connectivity index (χ0v) is 12.9. The van der Waals surface area contributed by atoms with Crippen LogP contribution in [0, 0.1) is 0 Å². The molecule has 1 atom stereocenters. The third-order valence-corrected chi connectivity index (χ3v) is 3.91. The summed E-state index contributed by atoms with van der Waals surface area (Å²) in [6, 6.07) is 8.00. The molecule has 0 spiro atoms. The molecule has 0 bridgehead atoms. The molecule has 0 aliphatic carbocycles. The second-order valence-electron chi connectivity index (χ2n) is 5.68. The van der Waals surface area contributed by atoms with Crippen molar-refractivity contribution in [2.24, 2.45) is 5.73 Å². The van der Waals surface area contributed by atoms with Crippen LogP contribution in [0.25, 0.3) is 21.9 Å². The topological polar surface area (TPSA) is 73.8 Å². The van der Waals surface area contributed by atoms with Crippen LogP contribution in [0.15, 0.2) is 30.5 Å². The number of benzene rings is 1. The molecule has 0 aliphatic heterocycles. The maximum Gasteiger partial charge on any atom is 0.219 e. The summed E-state index contributed by atoms with van der Waals surface area (Å²) in [5.41, 5.74) is 8.25. The van der Waals surface area contributed by atoms with Crippen molar-refractivity contribution in [3.8, 4) is 0 Å². The Bertz CT molecular complexity index is 837. The van der Waals surface area contributed by atoms with E-state index < -0.39 is 0 Å². The number of aromatic nitrogens is 3. The first-order valence-electron chi connectivity index (χ1n) is 7.64. The SMILES string of the molecule is CCCc1nc2cnc3ccccc3c2n1C(C)CC(N)=O. The number of hydrogen-bond acceptors (Lipinski definition) is 3. The highest BCUT2D eigenvalue weighted by Gasteiger charge is 2.19. The van der Waals surface area contributed by atoms with Crippen LogP contribution >= 0.6 is 0 Å². The third-order valence-electron chi connectivity index (χ3n) is 3.91. The summed E-state index contributed by atoms with van der Waals surface area (Å²) in [4.78, 5) is 20.6. The Hall–Kier alpha value is -2.43. The number of primary amides is 1. The second-order valence-corrected chi connectivity index (χ2v) is 5.68. The summed E-state index contributed by atoms with van der Waals surface area (Å²) >= 11 is 0. The molecule has 0 fully saturated rings. The van der Waals surface area contributed by atoms with E-state index in [1.165, 1.54) is 0 Å². The lowest BCUT2D eigenvalue weighted by Gasteiger charge is -2.17. The molecule has 3 rings (SSSR count). The molecule has 5 heteroatoms. The molecular formula is C17H20N4O. The van der Waals surface area contributed by atoms with Crippen LogP contribution in [0.5, 0.6) is 0 Å². The van der Waals surface area contributed by atoms with Crippen molar-refractivity contribution in [2.75, 3.05) is 0 Å². The summed E-state index contributed by atoms with van der Waals surface area (Å²) in [6.45, 7) is 4.14. The second kappa shape index (κ2) is 5.75. The number of nitrogens with zero attached hydrogens (tertiary/aromatic N) is 3. The van der Waals surface area contributed by atoms with E-state index >= 15 is 0 Å². The van der Waals surface area contributed by atoms with Gasteiger partial charge in [0.25, 0.3) is 0 Å². The van der Waals surface area contributed by atoms with E-state index in [9.17, 15) is 4.79 Å². The molecule has 0 saturated heterocycles. The first-order chi connectivity index (χ1) is 10.6. The first-order valence-corrected chi connectivity index (χ1v) is 7.64. The highest BCUT2D eigenvalue weighted by molar-refractivity contribution is 6.02. The van der Waals surface area contributed by atoms with E-state index in [2.05, 4.69) is 22.5 Å². The lowest BCUT2D eigenvalue weighted by atomic mass is 10.1. The average Bonchev–Trinajstić information content (AvgIpc) is 2.85. The normalized spacial score (nSPS) is 12.8. The number of pyridine rings is 1. The van der Waals surface area contributed by atoms with Crippen molar-refractivity contribution in [3.05, 3.63) is 36.3 Å². The highest BCUT2D eigenvalue weighted by atomic mass is 16.1. The van der Waals surface area contributed by atoms with E-state index in [0.717, 1.165) is 40.6 Å². The Morgan fingerprint density at radius 3 is 2.82 bits per heavy atom. The van der Waals surface area contributed by atoms with Crippen molar-refractivity contribution in [1.82, 2.24) is 14.5 Å². The van der Waals surface area contributed by atoms with Gasteiger partial charge in [0.1, 0.15) is 11.3 Å². The van der Waals surface area contributed by atoms with Crippen LogP contribution in [0.4, 0.5) is 0 Å². The molecule has 2 aromatic heterocycles. The maximum absolute atomic E-state index is 11.3. The minimum atomic E-state index is -0.296. The average molecular weight is 296 g/mol. The van der Waals surface area contributed by atoms with E-state index in [-0.39, 0.29) is 11.9 Å². The molecule has 1 unspecified atom stereocenters. The third kappa shape index (κ3) is 2.43. The van der Waals surface area contributed by atoms with Crippen LogP contribution in [0.1, 0.15) is 38.6 Å². The quantitative estimate of drug-likeness (QED) is 0.786. The molecule has 3 aromatic rings. The van der Waals surface area contributed by atoms with Gasteiger partial charge >= 0.3 is 0 Å². The van der Waals surface area contributed by atoms with E-state index in [1.54, 1.807) is 0 Å². The standard InChI is InChI=1S/C17H20N4O/c1-3-6-16-20-14-10-19-13-8-5-4-7-12(13)17(14)21(16)11(2)9-15(18)22/h4-5,7-8,10-11H,3,6,9H2,1-2H3,(H2,18,22). The van der Waals surface area contributed by atoms with Gasteiger partial charge in [0, 0.05) is 24.3 Å². The fourth-order valence-electron chi connectivity index (χ4n) is 3.03. The van der Waals surface area contributed by atoms with Gasteiger partial charge < -0.3 is 10.3 Å². The molecular weight excluding hydrogens is 276 g/mol. The van der Waals surface area contributed by atoms with Crippen LogP contribution in [-0.4, -0.2) is 20.4 Å². The fourth-order valence-corrected chi connectivity index (χ4v) is 3.03. The Kier molecular flexibility index (Phi) is 3.79. The highest BCUT2D eigenvalue weighted by Crippen LogP contribution is 2.29. The summed E-state index contributed by atoms with van der Waals surface area (Å²) in [5.74, 6) is 0.694. The van der Waals surface area contributed by atoms with Crippen molar-refractivity contribution in [2.45, 2.75) is 39.2 Å². The molecule has 0 aliphatic rings. The van der Waals surface area contributed by atoms with Gasteiger partial charge in [0.15, 0.2) is 0 Å². The zero-order chi connectivity index (χ0) is 15.7. The number of amides is 1. The van der Waals surface area contributed by atoms with Crippen LogP contribution < -0.4 is 5.73 Å². The Morgan fingerprint density at radius 1 is 1.32 bits per heavy atom. The molecule has 1 aromatic carbocycles. The molecule has 0 radical (unpaired) electrons. The molecule has 5 nitrogen and oxygen atoms in total. The number of imidazole rings is 1. The van der Waals surface area contributed by atoms with Crippen molar-refractivity contribution >= 4 is 27.8 Å². The minimum absolute atomic E-state index is 0.0187. The Morgan fingerprint density at radius 2 is 2.09 bits per heavy atom. The van der Waals surface area contributed by atoms with Crippen LogP contribution in [0.2, 0.25) is 0 Å². The van der Waals surface area contributed by atoms with Gasteiger partial charge in [-0.2, -0.15) is 0 Å². The van der Waals surface area contributed by atoms with E-state index in [4.69, 9.17) is 10.7 Å². The summed E-state index contributed by atoms with van der Waals surface area (Å²) < 4.78 is 2.16. The van der Waals surface area contributed by atoms with Crippen molar-refractivity contribution in [1.29, 1.82) is 0 Å². The van der Waals surface area contributed by atoms with Crippen LogP contribution in [0.3, 0.4) is 0 Å². The van der Waals surface area contributed by atoms with Gasteiger partial charge in [-0.25, -0.2) is 4.98 Å². The lowest BCUT2D eigenvalue weighted by Crippen LogP contribution is -2.19. The molecule has 0 saturated carbocycles. The predicted octanol–water partition coefficient (Wildman–Crippen LogP) is 2.97. The molecule has 22 heavy (non-hydrogen) atoms. The summed E-state index contributed by atoms with van der Waals surface area (Å²) in [5, 5.41) is 1.06. The van der Waals surface area contributed by atoms with Crippen LogP contribution in [-0.2, 0) is 11.2 Å². The summed E-state index contributed by atoms with van der Waals surface area (Å²) in [6.07, 6.45) is 3.98. The van der Waals surface area contributed by atoms with Gasteiger partial charge in [-0.05, 0) is 19.4 Å².